The Kier molecular flexibility index (Phi) is 2.91. The minimum absolute atomic E-state index is 0.210. The summed E-state index contributed by atoms with van der Waals surface area (Å²) >= 11 is 0. The van der Waals surface area contributed by atoms with E-state index >= 15 is 0 Å². The van der Waals surface area contributed by atoms with Crippen LogP contribution in [0.5, 0.6) is 5.75 Å². The summed E-state index contributed by atoms with van der Waals surface area (Å²) < 4.78 is 5.30. The topological polar surface area (TPSA) is 62.3 Å². The lowest BCUT2D eigenvalue weighted by molar-refractivity contribution is 0.0696. The molecular formula is C16H13NO3. The zero-order valence-electron chi connectivity index (χ0n) is 10.9. The normalized spacial score (nSPS) is 10.7. The molecule has 2 N–H and O–H groups in total. The summed E-state index contributed by atoms with van der Waals surface area (Å²) in [6, 6.07) is 14.8. The number of methoxy groups -OCH3 is 1. The zero-order chi connectivity index (χ0) is 14.1. The third kappa shape index (κ3) is 2.01. The quantitative estimate of drug-likeness (QED) is 0.763. The van der Waals surface area contributed by atoms with E-state index in [2.05, 4.69) is 4.98 Å². The molecule has 0 spiro atoms. The van der Waals surface area contributed by atoms with Gasteiger partial charge in [-0.25, -0.2) is 4.79 Å². The fourth-order valence-corrected chi connectivity index (χ4v) is 2.27. The number of hydrogen-bond donors (Lipinski definition) is 2. The average molecular weight is 267 g/mol. The molecule has 0 amide bonds. The average Bonchev–Trinajstić information content (AvgIpc) is 2.90. The number of aromatic amines is 1. The molecule has 0 aliphatic carbocycles. The van der Waals surface area contributed by atoms with Gasteiger partial charge in [0.05, 0.1) is 18.4 Å². The minimum Gasteiger partial charge on any atom is -0.496 e. The van der Waals surface area contributed by atoms with E-state index in [1.807, 2.05) is 30.3 Å². The highest BCUT2D eigenvalue weighted by Crippen LogP contribution is 2.32. The molecule has 0 radical (unpaired) electrons. The van der Waals surface area contributed by atoms with E-state index in [1.54, 1.807) is 12.1 Å². The van der Waals surface area contributed by atoms with Crippen molar-refractivity contribution < 1.29 is 14.6 Å². The van der Waals surface area contributed by atoms with Crippen LogP contribution in [-0.4, -0.2) is 23.2 Å². The molecule has 0 unspecified atom stereocenters. The van der Waals surface area contributed by atoms with Crippen LogP contribution in [0.3, 0.4) is 0 Å². The third-order valence-electron chi connectivity index (χ3n) is 3.27. The number of H-pyrrole nitrogens is 1. The Morgan fingerprint density at radius 3 is 2.65 bits per heavy atom. The van der Waals surface area contributed by atoms with Crippen LogP contribution < -0.4 is 4.74 Å². The molecule has 20 heavy (non-hydrogen) atoms. The van der Waals surface area contributed by atoms with Gasteiger partial charge < -0.3 is 14.8 Å². The summed E-state index contributed by atoms with van der Waals surface area (Å²) in [5, 5.41) is 10.1. The van der Waals surface area contributed by atoms with E-state index in [0.717, 1.165) is 22.2 Å². The Hall–Kier alpha value is -2.75. The lowest BCUT2D eigenvalue weighted by Crippen LogP contribution is -1.98. The predicted molar refractivity (Wildman–Crippen MR) is 77.2 cm³/mol. The Labute approximate surface area is 115 Å². The lowest BCUT2D eigenvalue weighted by Gasteiger charge is -2.07. The monoisotopic (exact) mass is 267 g/mol. The number of carboxylic acid groups (broad SMARTS) is 1. The molecule has 2 aromatic carbocycles. The number of hydrogen-bond acceptors (Lipinski definition) is 2. The largest absolute Gasteiger partial charge is 0.496 e. The number of carbonyl (C=O) groups is 1. The molecule has 0 bridgehead atoms. The van der Waals surface area contributed by atoms with Crippen molar-refractivity contribution in [2.45, 2.75) is 0 Å². The van der Waals surface area contributed by atoms with Crippen molar-refractivity contribution in [1.82, 2.24) is 4.98 Å². The maximum atomic E-state index is 11.0. The molecule has 0 aliphatic heterocycles. The Bertz CT molecular complexity index is 756. The first kappa shape index (κ1) is 12.3. The van der Waals surface area contributed by atoms with Crippen molar-refractivity contribution >= 4 is 16.9 Å². The number of aromatic carboxylic acids is 1. The Balaban J connectivity index is 2.15. The summed E-state index contributed by atoms with van der Waals surface area (Å²) in [6.45, 7) is 0. The third-order valence-corrected chi connectivity index (χ3v) is 3.27. The van der Waals surface area contributed by atoms with Crippen LogP contribution in [0, 0.1) is 0 Å². The van der Waals surface area contributed by atoms with Gasteiger partial charge in [0.1, 0.15) is 5.75 Å². The van der Waals surface area contributed by atoms with Crippen molar-refractivity contribution in [2.24, 2.45) is 0 Å². The maximum Gasteiger partial charge on any atom is 0.335 e. The summed E-state index contributed by atoms with van der Waals surface area (Å²) in [7, 11) is 1.53. The summed E-state index contributed by atoms with van der Waals surface area (Å²) in [5.74, 6) is -0.428. The molecule has 1 aromatic heterocycles. The van der Waals surface area contributed by atoms with Crippen molar-refractivity contribution in [1.29, 1.82) is 0 Å². The van der Waals surface area contributed by atoms with Gasteiger partial charge in [0.2, 0.25) is 0 Å². The van der Waals surface area contributed by atoms with Gasteiger partial charge in [-0.15, -0.1) is 0 Å². The molecule has 4 nitrogen and oxygen atoms in total. The van der Waals surface area contributed by atoms with E-state index < -0.39 is 5.97 Å². The molecule has 0 saturated carbocycles. The van der Waals surface area contributed by atoms with E-state index in [9.17, 15) is 4.79 Å². The van der Waals surface area contributed by atoms with Crippen LogP contribution in [0.15, 0.2) is 48.5 Å². The Morgan fingerprint density at radius 2 is 1.95 bits per heavy atom. The van der Waals surface area contributed by atoms with Crippen molar-refractivity contribution in [3.05, 3.63) is 54.1 Å². The van der Waals surface area contributed by atoms with E-state index in [-0.39, 0.29) is 5.56 Å². The van der Waals surface area contributed by atoms with Crippen LogP contribution in [0.25, 0.3) is 22.2 Å². The van der Waals surface area contributed by atoms with E-state index in [4.69, 9.17) is 9.84 Å². The molecular weight excluding hydrogens is 254 g/mol. The maximum absolute atomic E-state index is 11.0. The van der Waals surface area contributed by atoms with Crippen LogP contribution >= 0.6 is 0 Å². The van der Waals surface area contributed by atoms with E-state index in [0.29, 0.717) is 5.75 Å². The smallest absolute Gasteiger partial charge is 0.335 e. The molecule has 100 valence electrons. The van der Waals surface area contributed by atoms with Gasteiger partial charge in [-0.3, -0.25) is 0 Å². The molecule has 0 aliphatic rings. The lowest BCUT2D eigenvalue weighted by atomic mass is 10.1. The summed E-state index contributed by atoms with van der Waals surface area (Å²) in [6.07, 6.45) is 0. The second-order valence-electron chi connectivity index (χ2n) is 4.49. The first-order chi connectivity index (χ1) is 9.69. The number of rotatable bonds is 3. The zero-order valence-corrected chi connectivity index (χ0v) is 10.9. The number of fused-ring (bicyclic) bond motifs is 1. The number of nitrogens with one attached hydrogen (secondary N) is 1. The van der Waals surface area contributed by atoms with Gasteiger partial charge in [0, 0.05) is 16.5 Å². The van der Waals surface area contributed by atoms with Crippen molar-refractivity contribution in [2.75, 3.05) is 7.11 Å². The second kappa shape index (κ2) is 4.74. The molecule has 0 atom stereocenters. The van der Waals surface area contributed by atoms with Crippen LogP contribution in [0.2, 0.25) is 0 Å². The standard InChI is InChI=1S/C16H13NO3/c1-20-15-9-11(16(18)19)6-7-12(15)14-8-10-4-2-3-5-13(10)17-14/h2-9,17H,1H3,(H,18,19). The highest BCUT2D eigenvalue weighted by Gasteiger charge is 2.12. The molecule has 0 saturated heterocycles. The van der Waals surface area contributed by atoms with Crippen LogP contribution in [-0.2, 0) is 0 Å². The number of carboxylic acids is 1. The summed E-state index contributed by atoms with van der Waals surface area (Å²) in [5.41, 5.74) is 2.99. The minimum atomic E-state index is -0.966. The number of benzene rings is 2. The van der Waals surface area contributed by atoms with Gasteiger partial charge in [0.15, 0.2) is 0 Å². The number of ether oxygens (including phenoxy) is 1. The van der Waals surface area contributed by atoms with Crippen LogP contribution in [0.4, 0.5) is 0 Å². The number of aromatic nitrogens is 1. The first-order valence-electron chi connectivity index (χ1n) is 6.18. The predicted octanol–water partition coefficient (Wildman–Crippen LogP) is 3.54. The molecule has 1 heterocycles. The van der Waals surface area contributed by atoms with Crippen molar-refractivity contribution in [3.8, 4) is 17.0 Å². The number of para-hydroxylation sites is 1. The highest BCUT2D eigenvalue weighted by atomic mass is 16.5. The van der Waals surface area contributed by atoms with Gasteiger partial charge in [-0.2, -0.15) is 0 Å². The SMILES string of the molecule is COc1cc(C(=O)O)ccc1-c1cc2ccccc2[nH]1. The molecule has 3 rings (SSSR count). The van der Waals surface area contributed by atoms with Crippen molar-refractivity contribution in [3.63, 3.8) is 0 Å². The highest BCUT2D eigenvalue weighted by molar-refractivity contribution is 5.91. The van der Waals surface area contributed by atoms with Gasteiger partial charge in [-0.05, 0) is 30.3 Å². The van der Waals surface area contributed by atoms with Gasteiger partial charge >= 0.3 is 5.97 Å². The van der Waals surface area contributed by atoms with Crippen LogP contribution in [0.1, 0.15) is 10.4 Å². The van der Waals surface area contributed by atoms with E-state index in [1.165, 1.54) is 13.2 Å². The summed E-state index contributed by atoms with van der Waals surface area (Å²) in [4.78, 5) is 14.3. The fourth-order valence-electron chi connectivity index (χ4n) is 2.27. The van der Waals surface area contributed by atoms with Gasteiger partial charge in [-0.1, -0.05) is 18.2 Å². The molecule has 3 aromatic rings. The molecule has 4 heteroatoms. The molecule has 0 fully saturated rings. The first-order valence-corrected chi connectivity index (χ1v) is 6.18. The Morgan fingerprint density at radius 1 is 1.15 bits per heavy atom. The van der Waals surface area contributed by atoms with Gasteiger partial charge in [0.25, 0.3) is 0 Å². The second-order valence-corrected chi connectivity index (χ2v) is 4.49. The fraction of sp³-hybridized carbons (Fsp3) is 0.0625.